The lowest BCUT2D eigenvalue weighted by molar-refractivity contribution is -0.113. The van der Waals surface area contributed by atoms with E-state index in [4.69, 9.17) is 4.42 Å². The molecule has 0 aliphatic heterocycles. The van der Waals surface area contributed by atoms with Gasteiger partial charge in [-0.25, -0.2) is 4.98 Å². The number of thioether (sulfide) groups is 1. The number of aromatic nitrogens is 3. The lowest BCUT2D eigenvalue weighted by atomic mass is 10.2. The summed E-state index contributed by atoms with van der Waals surface area (Å²) in [4.78, 5) is 16.7. The van der Waals surface area contributed by atoms with E-state index in [-0.39, 0.29) is 11.7 Å². The fourth-order valence-electron chi connectivity index (χ4n) is 2.39. The van der Waals surface area contributed by atoms with Crippen molar-refractivity contribution in [2.45, 2.75) is 11.3 Å². The molecule has 0 bridgehead atoms. The normalized spacial score (nSPS) is 11.0. The van der Waals surface area contributed by atoms with Gasteiger partial charge >= 0.3 is 0 Å². The molecule has 26 heavy (non-hydrogen) atoms. The molecule has 0 radical (unpaired) electrons. The zero-order chi connectivity index (χ0) is 17.9. The molecule has 0 aliphatic carbocycles. The van der Waals surface area contributed by atoms with Crippen LogP contribution in [0.5, 0.6) is 0 Å². The average molecular weight is 382 g/mol. The summed E-state index contributed by atoms with van der Waals surface area (Å²) in [6.45, 7) is 1.89. The number of carbonyl (C=O) groups excluding carboxylic acids is 1. The lowest BCUT2D eigenvalue weighted by Crippen LogP contribution is -2.13. The molecule has 1 N–H and O–H groups in total. The number of nitrogens with zero attached hydrogens (tertiary/aromatic N) is 3. The van der Waals surface area contributed by atoms with Crippen molar-refractivity contribution < 1.29 is 9.21 Å². The monoisotopic (exact) mass is 382 g/mol. The van der Waals surface area contributed by atoms with Gasteiger partial charge in [0.1, 0.15) is 10.5 Å². The van der Waals surface area contributed by atoms with Gasteiger partial charge < -0.3 is 9.73 Å². The number of anilines is 1. The molecule has 2 heterocycles. The van der Waals surface area contributed by atoms with Crippen molar-refractivity contribution in [3.8, 4) is 11.5 Å². The summed E-state index contributed by atoms with van der Waals surface area (Å²) in [7, 11) is 0. The van der Waals surface area contributed by atoms with Gasteiger partial charge in [0.2, 0.25) is 11.8 Å². The van der Waals surface area contributed by atoms with Crippen LogP contribution in [0.1, 0.15) is 5.01 Å². The summed E-state index contributed by atoms with van der Waals surface area (Å²) in [6, 6.07) is 15.1. The Kier molecular flexibility index (Phi) is 4.68. The second-order valence-electron chi connectivity index (χ2n) is 5.49. The zero-order valence-corrected chi connectivity index (χ0v) is 15.4. The predicted octanol–water partition coefficient (Wildman–Crippen LogP) is 4.39. The van der Waals surface area contributed by atoms with Crippen LogP contribution in [0.15, 0.2) is 57.3 Å². The summed E-state index contributed by atoms with van der Waals surface area (Å²) < 4.78 is 6.57. The van der Waals surface area contributed by atoms with Gasteiger partial charge in [0.25, 0.3) is 0 Å². The van der Waals surface area contributed by atoms with Gasteiger partial charge in [-0.3, -0.25) is 4.79 Å². The van der Waals surface area contributed by atoms with E-state index in [2.05, 4.69) is 20.5 Å². The summed E-state index contributed by atoms with van der Waals surface area (Å²) in [5, 5.41) is 11.7. The molecule has 0 saturated carbocycles. The minimum Gasteiger partial charge on any atom is -0.436 e. The number of hydrogen-bond acceptors (Lipinski definition) is 7. The third-order valence-corrected chi connectivity index (χ3v) is 5.49. The standard InChI is InChI=1S/C18H14N4O2S2/c1-11-21-22-18(26-11)25-10-16(23)19-13-6-4-5-12(9-13)17-20-14-7-2-3-8-15(14)24-17/h2-9H,10H2,1H3,(H,19,23). The van der Waals surface area contributed by atoms with E-state index in [1.54, 1.807) is 0 Å². The van der Waals surface area contributed by atoms with Crippen LogP contribution in [0.4, 0.5) is 5.69 Å². The number of carbonyl (C=O) groups is 1. The van der Waals surface area contributed by atoms with Crippen molar-refractivity contribution in [3.05, 3.63) is 53.5 Å². The van der Waals surface area contributed by atoms with Crippen molar-refractivity contribution in [3.63, 3.8) is 0 Å². The Hall–Kier alpha value is -2.71. The number of aryl methyl sites for hydroxylation is 1. The summed E-state index contributed by atoms with van der Waals surface area (Å²) in [5.41, 5.74) is 3.05. The van der Waals surface area contributed by atoms with Gasteiger partial charge in [-0.1, -0.05) is 41.3 Å². The van der Waals surface area contributed by atoms with E-state index in [0.29, 0.717) is 11.6 Å². The number of benzene rings is 2. The van der Waals surface area contributed by atoms with E-state index >= 15 is 0 Å². The number of fused-ring (bicyclic) bond motifs is 1. The highest BCUT2D eigenvalue weighted by Gasteiger charge is 2.10. The molecule has 0 aliphatic rings. The third kappa shape index (κ3) is 3.76. The molecule has 0 unspecified atom stereocenters. The number of nitrogens with one attached hydrogen (secondary N) is 1. The van der Waals surface area contributed by atoms with Crippen molar-refractivity contribution in [2.75, 3.05) is 11.1 Å². The molecule has 2 aromatic heterocycles. The SMILES string of the molecule is Cc1nnc(SCC(=O)Nc2cccc(-c3nc4ccccc4o3)c2)s1. The Morgan fingerprint density at radius 1 is 1.19 bits per heavy atom. The number of para-hydroxylation sites is 2. The lowest BCUT2D eigenvalue weighted by Gasteiger charge is -2.05. The first kappa shape index (κ1) is 16.7. The molecule has 130 valence electrons. The largest absolute Gasteiger partial charge is 0.436 e. The second kappa shape index (κ2) is 7.27. The molecular formula is C18H14N4O2S2. The minimum absolute atomic E-state index is 0.0995. The summed E-state index contributed by atoms with van der Waals surface area (Å²) in [6.07, 6.45) is 0. The molecule has 8 heteroatoms. The van der Waals surface area contributed by atoms with Gasteiger partial charge in [0.15, 0.2) is 9.92 Å². The fraction of sp³-hybridized carbons (Fsp3) is 0.111. The number of hydrogen-bond donors (Lipinski definition) is 1. The molecule has 4 aromatic rings. The quantitative estimate of drug-likeness (QED) is 0.516. The smallest absolute Gasteiger partial charge is 0.234 e. The van der Waals surface area contributed by atoms with Crippen LogP contribution in [-0.4, -0.2) is 26.8 Å². The van der Waals surface area contributed by atoms with E-state index in [1.165, 1.54) is 23.1 Å². The molecular weight excluding hydrogens is 368 g/mol. The molecule has 0 spiro atoms. The van der Waals surface area contributed by atoms with Crippen molar-refractivity contribution in [1.82, 2.24) is 15.2 Å². The van der Waals surface area contributed by atoms with E-state index < -0.39 is 0 Å². The third-order valence-electron chi connectivity index (χ3n) is 3.52. The maximum Gasteiger partial charge on any atom is 0.234 e. The Morgan fingerprint density at radius 2 is 2.08 bits per heavy atom. The first-order chi connectivity index (χ1) is 12.7. The Balaban J connectivity index is 1.46. The Bertz CT molecular complexity index is 1040. The molecule has 0 atom stereocenters. The van der Waals surface area contributed by atoms with Crippen LogP contribution >= 0.6 is 23.1 Å². The van der Waals surface area contributed by atoms with Crippen molar-refractivity contribution in [1.29, 1.82) is 0 Å². The highest BCUT2D eigenvalue weighted by Crippen LogP contribution is 2.26. The van der Waals surface area contributed by atoms with Crippen LogP contribution in [-0.2, 0) is 4.79 Å². The fourth-order valence-corrected chi connectivity index (χ4v) is 4.00. The Labute approximate surface area is 157 Å². The second-order valence-corrected chi connectivity index (χ2v) is 7.90. The van der Waals surface area contributed by atoms with Crippen LogP contribution in [0.25, 0.3) is 22.6 Å². The molecule has 4 rings (SSSR count). The first-order valence-corrected chi connectivity index (χ1v) is 9.66. The maximum absolute atomic E-state index is 12.2. The molecule has 1 amide bonds. The molecule has 0 fully saturated rings. The van der Waals surface area contributed by atoms with E-state index in [0.717, 1.165) is 26.0 Å². The summed E-state index contributed by atoms with van der Waals surface area (Å²) >= 11 is 2.85. The highest BCUT2D eigenvalue weighted by molar-refractivity contribution is 8.01. The number of rotatable bonds is 5. The molecule has 0 saturated heterocycles. The van der Waals surface area contributed by atoms with E-state index in [9.17, 15) is 4.79 Å². The van der Waals surface area contributed by atoms with Crippen LogP contribution in [0.3, 0.4) is 0 Å². The van der Waals surface area contributed by atoms with Crippen LogP contribution < -0.4 is 5.32 Å². The van der Waals surface area contributed by atoms with Gasteiger partial charge in [-0.15, -0.1) is 10.2 Å². The topological polar surface area (TPSA) is 80.9 Å². The highest BCUT2D eigenvalue weighted by atomic mass is 32.2. The molecule has 2 aromatic carbocycles. The average Bonchev–Trinajstić information content (AvgIpc) is 3.26. The summed E-state index contributed by atoms with van der Waals surface area (Å²) in [5.74, 6) is 0.709. The van der Waals surface area contributed by atoms with Gasteiger partial charge in [0.05, 0.1) is 5.75 Å². The first-order valence-electron chi connectivity index (χ1n) is 7.86. The number of amides is 1. The van der Waals surface area contributed by atoms with Crippen LogP contribution in [0.2, 0.25) is 0 Å². The van der Waals surface area contributed by atoms with Crippen LogP contribution in [0, 0.1) is 6.92 Å². The zero-order valence-electron chi connectivity index (χ0n) is 13.8. The molecule has 6 nitrogen and oxygen atoms in total. The maximum atomic E-state index is 12.2. The van der Waals surface area contributed by atoms with Gasteiger partial charge in [0, 0.05) is 11.3 Å². The van der Waals surface area contributed by atoms with Gasteiger partial charge in [-0.2, -0.15) is 0 Å². The van der Waals surface area contributed by atoms with Crippen molar-refractivity contribution in [2.24, 2.45) is 0 Å². The Morgan fingerprint density at radius 3 is 2.88 bits per heavy atom. The van der Waals surface area contributed by atoms with E-state index in [1.807, 2.05) is 55.5 Å². The van der Waals surface area contributed by atoms with Crippen molar-refractivity contribution >= 4 is 45.8 Å². The van der Waals surface area contributed by atoms with Gasteiger partial charge in [-0.05, 0) is 37.3 Å². The number of oxazole rings is 1. The predicted molar refractivity (Wildman–Crippen MR) is 103 cm³/mol. The minimum atomic E-state index is -0.0995.